The number of carbonyl (C=O) groups is 1. The molecular formula is C20H24O2. The Kier molecular flexibility index (Phi) is 3.01. The number of allylic oxidation sites excluding steroid dienone is 2. The highest BCUT2D eigenvalue weighted by atomic mass is 16.5. The van der Waals surface area contributed by atoms with Gasteiger partial charge < -0.3 is 4.74 Å². The molecule has 2 nitrogen and oxygen atoms in total. The Balaban J connectivity index is 1.85. The van der Waals surface area contributed by atoms with E-state index in [1.54, 1.807) is 12.7 Å². The molecule has 22 heavy (non-hydrogen) atoms. The first-order valence-corrected chi connectivity index (χ1v) is 8.48. The van der Waals surface area contributed by atoms with Crippen LogP contribution in [-0.2, 0) is 4.79 Å². The van der Waals surface area contributed by atoms with Gasteiger partial charge >= 0.3 is 0 Å². The number of methoxy groups -OCH3 is 1. The van der Waals surface area contributed by atoms with Crippen molar-refractivity contribution < 1.29 is 9.53 Å². The van der Waals surface area contributed by atoms with Gasteiger partial charge in [0.05, 0.1) is 7.11 Å². The van der Waals surface area contributed by atoms with Crippen LogP contribution in [-0.4, -0.2) is 12.9 Å². The highest BCUT2D eigenvalue weighted by Crippen LogP contribution is 2.58. The summed E-state index contributed by atoms with van der Waals surface area (Å²) >= 11 is 0. The van der Waals surface area contributed by atoms with Crippen molar-refractivity contribution in [2.75, 3.05) is 7.11 Å². The molecule has 3 aliphatic carbocycles. The molecule has 1 fully saturated rings. The predicted molar refractivity (Wildman–Crippen MR) is 88.0 cm³/mol. The van der Waals surface area contributed by atoms with Gasteiger partial charge in [-0.1, -0.05) is 25.5 Å². The summed E-state index contributed by atoms with van der Waals surface area (Å²) in [5, 5.41) is 0. The van der Waals surface area contributed by atoms with Crippen molar-refractivity contribution in [2.45, 2.75) is 51.9 Å². The molecule has 0 amide bonds. The van der Waals surface area contributed by atoms with Gasteiger partial charge in [0.2, 0.25) is 0 Å². The molecule has 1 saturated carbocycles. The third kappa shape index (κ3) is 1.76. The van der Waals surface area contributed by atoms with E-state index in [1.807, 2.05) is 0 Å². The van der Waals surface area contributed by atoms with Gasteiger partial charge in [0.25, 0.3) is 0 Å². The molecule has 0 N–H and O–H groups in total. The molecule has 0 aromatic heterocycles. The van der Waals surface area contributed by atoms with Crippen LogP contribution in [0, 0.1) is 11.3 Å². The molecule has 0 saturated heterocycles. The van der Waals surface area contributed by atoms with Crippen LogP contribution in [0.5, 0.6) is 5.75 Å². The monoisotopic (exact) mass is 296 g/mol. The Bertz CT molecular complexity index is 685. The van der Waals surface area contributed by atoms with Gasteiger partial charge in [-0.05, 0) is 66.4 Å². The van der Waals surface area contributed by atoms with Crippen LogP contribution >= 0.6 is 0 Å². The maximum atomic E-state index is 12.4. The smallest absolute Gasteiger partial charge is 0.139 e. The number of benzene rings is 1. The first-order valence-electron chi connectivity index (χ1n) is 8.48. The minimum absolute atomic E-state index is 0.0808. The second kappa shape index (κ2) is 4.71. The van der Waals surface area contributed by atoms with Crippen molar-refractivity contribution in [3.05, 3.63) is 34.9 Å². The van der Waals surface area contributed by atoms with E-state index in [4.69, 9.17) is 4.74 Å². The van der Waals surface area contributed by atoms with E-state index in [-0.39, 0.29) is 5.41 Å². The minimum atomic E-state index is -0.0808. The average molecular weight is 296 g/mol. The zero-order valence-corrected chi connectivity index (χ0v) is 13.7. The summed E-state index contributed by atoms with van der Waals surface area (Å²) in [6.45, 7) is 4.52. The summed E-state index contributed by atoms with van der Waals surface area (Å²) in [6.07, 6.45) is 5.03. The molecule has 0 spiro atoms. The van der Waals surface area contributed by atoms with Crippen LogP contribution in [0.3, 0.4) is 0 Å². The Morgan fingerprint density at radius 3 is 2.86 bits per heavy atom. The first-order chi connectivity index (χ1) is 10.5. The number of carbonyl (C=O) groups excluding carboxylic acids is 1. The quantitative estimate of drug-likeness (QED) is 0.748. The third-order valence-electron chi connectivity index (χ3n) is 6.41. The lowest BCUT2D eigenvalue weighted by Gasteiger charge is -2.42. The number of fused-ring (bicyclic) bond motifs is 4. The van der Waals surface area contributed by atoms with Crippen molar-refractivity contribution in [1.82, 2.24) is 0 Å². The number of ketones is 1. The van der Waals surface area contributed by atoms with Crippen molar-refractivity contribution in [2.24, 2.45) is 11.3 Å². The van der Waals surface area contributed by atoms with Gasteiger partial charge in [-0.2, -0.15) is 0 Å². The second-order valence-corrected chi connectivity index (χ2v) is 7.49. The molecule has 1 aromatic rings. The summed E-state index contributed by atoms with van der Waals surface area (Å²) in [5.74, 6) is 2.45. The van der Waals surface area contributed by atoms with Crippen molar-refractivity contribution in [3.63, 3.8) is 0 Å². The van der Waals surface area contributed by atoms with E-state index >= 15 is 0 Å². The zero-order valence-electron chi connectivity index (χ0n) is 13.7. The van der Waals surface area contributed by atoms with Gasteiger partial charge in [0.15, 0.2) is 0 Å². The maximum Gasteiger partial charge on any atom is 0.139 e. The van der Waals surface area contributed by atoms with Crippen molar-refractivity contribution in [3.8, 4) is 5.75 Å². The standard InChI is InChI=1S/C20H24O2/c1-12-10-17-15(14-5-4-13(22-3)11-16(12)14)8-9-20(2)18(17)6-7-19(20)21/h4-5,11-12,18H,6-10H2,1-3H3/t12?,18-,20-/m0/s1. The van der Waals surface area contributed by atoms with Crippen LogP contribution in [0.4, 0.5) is 0 Å². The second-order valence-electron chi connectivity index (χ2n) is 7.49. The van der Waals surface area contributed by atoms with Gasteiger partial charge in [0, 0.05) is 11.8 Å². The van der Waals surface area contributed by atoms with E-state index in [2.05, 4.69) is 32.0 Å². The third-order valence-corrected chi connectivity index (χ3v) is 6.41. The van der Waals surface area contributed by atoms with Crippen LogP contribution in [0.25, 0.3) is 5.57 Å². The molecular weight excluding hydrogens is 272 g/mol. The van der Waals surface area contributed by atoms with E-state index in [0.29, 0.717) is 17.6 Å². The topological polar surface area (TPSA) is 26.3 Å². The number of ether oxygens (including phenoxy) is 1. The fraction of sp³-hybridized carbons (Fsp3) is 0.550. The number of hydrogen-bond acceptors (Lipinski definition) is 2. The molecule has 2 heteroatoms. The Morgan fingerprint density at radius 1 is 1.27 bits per heavy atom. The minimum Gasteiger partial charge on any atom is -0.497 e. The molecule has 116 valence electrons. The zero-order chi connectivity index (χ0) is 15.5. The van der Waals surface area contributed by atoms with Crippen molar-refractivity contribution >= 4 is 11.4 Å². The molecule has 4 rings (SSSR count). The lowest BCUT2D eigenvalue weighted by Crippen LogP contribution is -2.35. The molecule has 3 atom stereocenters. The van der Waals surface area contributed by atoms with E-state index in [1.165, 1.54) is 16.7 Å². The first kappa shape index (κ1) is 14.0. The molecule has 1 unspecified atom stereocenters. The Morgan fingerprint density at radius 2 is 2.09 bits per heavy atom. The Labute approximate surface area is 132 Å². The largest absolute Gasteiger partial charge is 0.497 e. The summed E-state index contributed by atoms with van der Waals surface area (Å²) in [7, 11) is 1.73. The van der Waals surface area contributed by atoms with Crippen LogP contribution < -0.4 is 4.74 Å². The summed E-state index contributed by atoms with van der Waals surface area (Å²) < 4.78 is 5.40. The van der Waals surface area contributed by atoms with E-state index in [0.717, 1.165) is 37.9 Å². The normalized spacial score (nSPS) is 33.3. The van der Waals surface area contributed by atoms with Crippen molar-refractivity contribution in [1.29, 1.82) is 0 Å². The molecule has 3 aliphatic rings. The van der Waals surface area contributed by atoms with Gasteiger partial charge in [0.1, 0.15) is 11.5 Å². The molecule has 0 bridgehead atoms. The van der Waals surface area contributed by atoms with Gasteiger partial charge in [-0.15, -0.1) is 0 Å². The molecule has 0 aliphatic heterocycles. The highest BCUT2D eigenvalue weighted by Gasteiger charge is 2.50. The van der Waals surface area contributed by atoms with E-state index < -0.39 is 0 Å². The van der Waals surface area contributed by atoms with Crippen LogP contribution in [0.2, 0.25) is 0 Å². The molecule has 0 radical (unpaired) electrons. The van der Waals surface area contributed by atoms with Crippen LogP contribution in [0.15, 0.2) is 23.8 Å². The fourth-order valence-corrected chi connectivity index (χ4v) is 5.07. The Hall–Kier alpha value is -1.57. The summed E-state index contributed by atoms with van der Waals surface area (Å²) in [4.78, 5) is 12.4. The number of Topliss-reactive ketones (excluding diaryl/α,β-unsaturated/α-hetero) is 1. The van der Waals surface area contributed by atoms with Crippen LogP contribution in [0.1, 0.15) is 63.0 Å². The SMILES string of the molecule is COc1ccc2c(c1)C(C)CC1=C2CC[C@]2(C)C(=O)CC[C@@H]12. The molecule has 0 heterocycles. The summed E-state index contributed by atoms with van der Waals surface area (Å²) in [6, 6.07) is 6.52. The highest BCUT2D eigenvalue weighted by molar-refractivity contribution is 5.90. The fourth-order valence-electron chi connectivity index (χ4n) is 5.07. The predicted octanol–water partition coefficient (Wildman–Crippen LogP) is 4.74. The number of hydrogen-bond donors (Lipinski definition) is 0. The summed E-state index contributed by atoms with van der Waals surface area (Å²) in [5.41, 5.74) is 5.88. The lowest BCUT2D eigenvalue weighted by atomic mass is 9.61. The lowest BCUT2D eigenvalue weighted by molar-refractivity contribution is -0.126. The average Bonchev–Trinajstić information content (AvgIpc) is 2.83. The van der Waals surface area contributed by atoms with Gasteiger partial charge in [-0.3, -0.25) is 4.79 Å². The molecule has 1 aromatic carbocycles. The number of rotatable bonds is 1. The van der Waals surface area contributed by atoms with Gasteiger partial charge in [-0.25, -0.2) is 0 Å². The maximum absolute atomic E-state index is 12.4. The van der Waals surface area contributed by atoms with E-state index in [9.17, 15) is 4.79 Å².